The van der Waals surface area contributed by atoms with Crippen molar-refractivity contribution >= 4 is 5.97 Å². The Bertz CT molecular complexity index is 310. The summed E-state index contributed by atoms with van der Waals surface area (Å²) in [5.41, 5.74) is 0. The molecule has 0 aromatic heterocycles. The Balaban J connectivity index is 0. The minimum Gasteiger partial charge on any atom is -0.549 e. The summed E-state index contributed by atoms with van der Waals surface area (Å²) in [6, 6.07) is 0. The van der Waals surface area contributed by atoms with Gasteiger partial charge >= 0.3 is 51.4 Å². The Morgan fingerprint density at radius 1 is 0.692 bits per heavy atom. The van der Waals surface area contributed by atoms with Gasteiger partial charge in [0.2, 0.25) is 0 Å². The standard InChI is InChI=1S/C22H41NO2.K/c1-3-5-7-9-11-13-15-17-19-23(21-22(24)25)20-18-16-14-12-10-8-6-4-2;/h3-4H,1-2,5-21H2,(H,24,25);/q;+1/p-1. The fraction of sp³-hybridized carbons (Fsp3) is 0.773. The predicted molar refractivity (Wildman–Crippen MR) is 106 cm³/mol. The molecule has 0 rings (SSSR count). The molecule has 4 heteroatoms. The van der Waals surface area contributed by atoms with Crippen LogP contribution in [0.2, 0.25) is 0 Å². The third-order valence-corrected chi connectivity index (χ3v) is 4.62. The summed E-state index contributed by atoms with van der Waals surface area (Å²) in [4.78, 5) is 13.0. The molecule has 0 saturated heterocycles. The van der Waals surface area contributed by atoms with Crippen molar-refractivity contribution in [1.82, 2.24) is 4.90 Å². The number of aliphatic carboxylic acids is 1. The molecule has 3 nitrogen and oxygen atoms in total. The average molecular weight is 390 g/mol. The van der Waals surface area contributed by atoms with E-state index in [2.05, 4.69) is 18.1 Å². The minimum atomic E-state index is -0.950. The van der Waals surface area contributed by atoms with Gasteiger partial charge in [0.25, 0.3) is 0 Å². The number of allylic oxidation sites excluding steroid dienone is 2. The fourth-order valence-corrected chi connectivity index (χ4v) is 3.11. The number of carbonyl (C=O) groups is 1. The molecule has 0 heterocycles. The number of carbonyl (C=O) groups excluding carboxylic acids is 1. The minimum absolute atomic E-state index is 0. The SMILES string of the molecule is C=CCCCCCCCCN(CCCCCCCCC=C)CC(=O)[O-].[K+]. The molecule has 0 aliphatic rings. The molecule has 0 radical (unpaired) electrons. The average Bonchev–Trinajstić information content (AvgIpc) is 2.58. The second-order valence-electron chi connectivity index (χ2n) is 7.05. The van der Waals surface area contributed by atoms with Crippen LogP contribution in [0.1, 0.15) is 89.9 Å². The topological polar surface area (TPSA) is 43.4 Å². The van der Waals surface area contributed by atoms with Crippen LogP contribution < -0.4 is 56.5 Å². The number of unbranched alkanes of at least 4 members (excludes halogenated alkanes) is 12. The van der Waals surface area contributed by atoms with Gasteiger partial charge in [0.15, 0.2) is 0 Å². The van der Waals surface area contributed by atoms with E-state index in [1.165, 1.54) is 64.2 Å². The maximum absolute atomic E-state index is 10.9. The van der Waals surface area contributed by atoms with Gasteiger partial charge in [-0.3, -0.25) is 4.90 Å². The van der Waals surface area contributed by atoms with Gasteiger partial charge in [0.05, 0.1) is 5.97 Å². The van der Waals surface area contributed by atoms with Crippen molar-refractivity contribution in [1.29, 1.82) is 0 Å². The van der Waals surface area contributed by atoms with Crippen LogP contribution in [0.3, 0.4) is 0 Å². The second kappa shape index (κ2) is 23.6. The Kier molecular flexibility index (Phi) is 26.1. The number of hydrogen-bond acceptors (Lipinski definition) is 3. The van der Waals surface area contributed by atoms with Crippen LogP contribution in [0, 0.1) is 0 Å². The van der Waals surface area contributed by atoms with Crippen LogP contribution in [0.5, 0.6) is 0 Å². The third-order valence-electron chi connectivity index (χ3n) is 4.62. The first-order valence-electron chi connectivity index (χ1n) is 10.3. The van der Waals surface area contributed by atoms with Gasteiger partial charge in [-0.1, -0.05) is 63.5 Å². The van der Waals surface area contributed by atoms with Crippen molar-refractivity contribution in [2.75, 3.05) is 19.6 Å². The normalized spacial score (nSPS) is 10.5. The van der Waals surface area contributed by atoms with Gasteiger partial charge in [0.1, 0.15) is 0 Å². The summed E-state index contributed by atoms with van der Waals surface area (Å²) in [6.45, 7) is 9.34. The van der Waals surface area contributed by atoms with E-state index in [9.17, 15) is 9.90 Å². The largest absolute Gasteiger partial charge is 1.00 e. The van der Waals surface area contributed by atoms with Crippen molar-refractivity contribution in [2.24, 2.45) is 0 Å². The molecule has 0 aromatic carbocycles. The first-order valence-corrected chi connectivity index (χ1v) is 10.3. The van der Waals surface area contributed by atoms with Gasteiger partial charge in [-0.15, -0.1) is 13.2 Å². The van der Waals surface area contributed by atoms with Crippen LogP contribution in [-0.4, -0.2) is 30.5 Å². The number of carboxylic acids is 1. The molecule has 0 fully saturated rings. The van der Waals surface area contributed by atoms with E-state index >= 15 is 0 Å². The van der Waals surface area contributed by atoms with Gasteiger partial charge < -0.3 is 9.90 Å². The second-order valence-corrected chi connectivity index (χ2v) is 7.05. The summed E-state index contributed by atoms with van der Waals surface area (Å²) in [7, 11) is 0. The Morgan fingerprint density at radius 3 is 1.38 bits per heavy atom. The third kappa shape index (κ3) is 22.6. The molecule has 0 bridgehead atoms. The molecule has 0 atom stereocenters. The number of carboxylic acid groups (broad SMARTS) is 1. The Labute approximate surface area is 205 Å². The molecule has 0 spiro atoms. The van der Waals surface area contributed by atoms with Gasteiger partial charge in [-0.05, 0) is 51.6 Å². The van der Waals surface area contributed by atoms with Crippen LogP contribution in [-0.2, 0) is 4.79 Å². The first kappa shape index (κ1) is 28.8. The molecule has 0 saturated carbocycles. The molecule has 0 N–H and O–H groups in total. The molecule has 0 aliphatic heterocycles. The first-order chi connectivity index (χ1) is 12.2. The van der Waals surface area contributed by atoms with Gasteiger partial charge in [0, 0.05) is 6.54 Å². The van der Waals surface area contributed by atoms with E-state index in [-0.39, 0.29) is 57.9 Å². The monoisotopic (exact) mass is 389 g/mol. The number of hydrogen-bond donors (Lipinski definition) is 0. The van der Waals surface area contributed by atoms with E-state index in [4.69, 9.17) is 0 Å². The zero-order valence-electron chi connectivity index (χ0n) is 17.4. The molecule has 0 amide bonds. The molecule has 0 aromatic rings. The van der Waals surface area contributed by atoms with Crippen LogP contribution >= 0.6 is 0 Å². The molecule has 0 aliphatic carbocycles. The van der Waals surface area contributed by atoms with Crippen molar-refractivity contribution in [3.63, 3.8) is 0 Å². The fourth-order valence-electron chi connectivity index (χ4n) is 3.11. The maximum atomic E-state index is 10.9. The Hall–Kier alpha value is 0.546. The molecule has 0 unspecified atom stereocenters. The summed E-state index contributed by atoms with van der Waals surface area (Å²) in [6.07, 6.45) is 20.9. The van der Waals surface area contributed by atoms with E-state index in [0.29, 0.717) is 0 Å². The van der Waals surface area contributed by atoms with Crippen LogP contribution in [0.4, 0.5) is 0 Å². The van der Waals surface area contributed by atoms with Crippen LogP contribution in [0.25, 0.3) is 0 Å². The predicted octanol–water partition coefficient (Wildman–Crippen LogP) is 1.88. The summed E-state index contributed by atoms with van der Waals surface area (Å²) in [5, 5.41) is 10.9. The zero-order valence-corrected chi connectivity index (χ0v) is 20.5. The quantitative estimate of drug-likeness (QED) is 0.181. The molecule has 146 valence electrons. The summed E-state index contributed by atoms with van der Waals surface area (Å²) in [5.74, 6) is -0.950. The number of nitrogens with zero attached hydrogens (tertiary/aromatic N) is 1. The maximum Gasteiger partial charge on any atom is 1.00 e. The van der Waals surface area contributed by atoms with Crippen molar-refractivity contribution in [3.05, 3.63) is 25.3 Å². The van der Waals surface area contributed by atoms with Crippen molar-refractivity contribution in [3.8, 4) is 0 Å². The van der Waals surface area contributed by atoms with E-state index < -0.39 is 5.97 Å². The smallest absolute Gasteiger partial charge is 0.549 e. The van der Waals surface area contributed by atoms with E-state index in [1.54, 1.807) is 0 Å². The molecule has 26 heavy (non-hydrogen) atoms. The van der Waals surface area contributed by atoms with Crippen molar-refractivity contribution < 1.29 is 61.3 Å². The zero-order chi connectivity index (χ0) is 18.6. The molecular weight excluding hydrogens is 349 g/mol. The molecular formula is C22H40KNO2. The van der Waals surface area contributed by atoms with Gasteiger partial charge in [-0.25, -0.2) is 0 Å². The van der Waals surface area contributed by atoms with Gasteiger partial charge in [-0.2, -0.15) is 0 Å². The van der Waals surface area contributed by atoms with Crippen LogP contribution in [0.15, 0.2) is 25.3 Å². The Morgan fingerprint density at radius 2 is 1.04 bits per heavy atom. The summed E-state index contributed by atoms with van der Waals surface area (Å²) >= 11 is 0. The summed E-state index contributed by atoms with van der Waals surface area (Å²) < 4.78 is 0. The van der Waals surface area contributed by atoms with Crippen molar-refractivity contribution in [2.45, 2.75) is 89.9 Å². The number of rotatable bonds is 20. The van der Waals surface area contributed by atoms with E-state index in [1.807, 2.05) is 12.2 Å². The van der Waals surface area contributed by atoms with E-state index in [0.717, 1.165) is 38.8 Å².